The predicted molar refractivity (Wildman–Crippen MR) is 104 cm³/mol. The van der Waals surface area contributed by atoms with E-state index in [9.17, 15) is 9.59 Å². The summed E-state index contributed by atoms with van der Waals surface area (Å²) in [5.41, 5.74) is 4.99. The van der Waals surface area contributed by atoms with Crippen LogP contribution in [0.2, 0.25) is 0 Å². The molecule has 2 aromatic carbocycles. The Hall–Kier alpha value is -3.12. The quantitative estimate of drug-likeness (QED) is 0.625. The Morgan fingerprint density at radius 2 is 1.85 bits per heavy atom. The van der Waals surface area contributed by atoms with Crippen molar-refractivity contribution in [3.05, 3.63) is 65.4 Å². The molecule has 0 bridgehead atoms. The number of methoxy groups -OCH3 is 1. The van der Waals surface area contributed by atoms with Crippen molar-refractivity contribution in [2.75, 3.05) is 12.4 Å². The van der Waals surface area contributed by atoms with E-state index in [1.807, 2.05) is 42.5 Å². The van der Waals surface area contributed by atoms with Gasteiger partial charge < -0.3 is 15.0 Å². The van der Waals surface area contributed by atoms with E-state index < -0.39 is 6.04 Å². The number of rotatable bonds is 3. The van der Waals surface area contributed by atoms with Gasteiger partial charge in [-0.25, -0.2) is 0 Å². The number of anilines is 1. The molecule has 2 heterocycles. The molecule has 2 atom stereocenters. The predicted octanol–water partition coefficient (Wildman–Crippen LogP) is 2.90. The van der Waals surface area contributed by atoms with Crippen molar-refractivity contribution < 1.29 is 14.3 Å². The highest BCUT2D eigenvalue weighted by atomic mass is 16.5. The number of aromatic amines is 1. The average Bonchev–Trinajstić information content (AvgIpc) is 3.05. The Balaban J connectivity index is 1.77. The summed E-state index contributed by atoms with van der Waals surface area (Å²) >= 11 is 0. The zero-order valence-corrected chi connectivity index (χ0v) is 15.2. The van der Waals surface area contributed by atoms with Crippen molar-refractivity contribution in [1.29, 1.82) is 0 Å². The first kappa shape index (κ1) is 17.3. The summed E-state index contributed by atoms with van der Waals surface area (Å²) in [6.07, 6.45) is 0.576. The minimum Gasteiger partial charge on any atom is -0.468 e. The highest BCUT2D eigenvalue weighted by molar-refractivity contribution is 5.89. The van der Waals surface area contributed by atoms with E-state index in [1.165, 1.54) is 14.0 Å². The molecular weight excluding hydrogens is 342 g/mol. The molecule has 0 spiro atoms. The molecule has 1 amide bonds. The van der Waals surface area contributed by atoms with Crippen LogP contribution in [-0.4, -0.2) is 30.0 Å². The number of aromatic nitrogens is 1. The Morgan fingerprint density at radius 1 is 1.11 bits per heavy atom. The van der Waals surface area contributed by atoms with Crippen LogP contribution in [-0.2, 0) is 20.7 Å². The normalized spacial score (nSPS) is 18.7. The molecule has 0 aliphatic carbocycles. The highest BCUT2D eigenvalue weighted by Crippen LogP contribution is 2.35. The largest absolute Gasteiger partial charge is 0.468 e. The number of H-pyrrole nitrogens is 1. The van der Waals surface area contributed by atoms with Crippen LogP contribution in [0, 0.1) is 0 Å². The first-order valence-corrected chi connectivity index (χ1v) is 8.87. The smallest absolute Gasteiger partial charge is 0.323 e. The second-order valence-electron chi connectivity index (χ2n) is 6.75. The summed E-state index contributed by atoms with van der Waals surface area (Å²) in [7, 11) is 1.41. The number of carbonyl (C=O) groups excluding carboxylic acids is 2. The van der Waals surface area contributed by atoms with E-state index in [0.717, 1.165) is 33.4 Å². The molecule has 0 unspecified atom stereocenters. The standard InChI is InChI=1S/C21H21N3O3/c1-12(25)22-14-9-7-13(8-10-14)19-20-16(11-18(24-19)21(26)27-2)15-5-3-4-6-17(15)23-20/h3-10,18-19,23-24H,11H2,1-2H3,(H,22,25)/t18-,19+/m1/s1. The van der Waals surface area contributed by atoms with Crippen LogP contribution in [0.4, 0.5) is 5.69 Å². The van der Waals surface area contributed by atoms with Crippen LogP contribution >= 0.6 is 0 Å². The molecule has 4 rings (SSSR count). The summed E-state index contributed by atoms with van der Waals surface area (Å²) in [6, 6.07) is 15.2. The molecule has 0 radical (unpaired) electrons. The maximum atomic E-state index is 12.2. The molecule has 0 saturated heterocycles. The van der Waals surface area contributed by atoms with Crippen LogP contribution in [0.25, 0.3) is 10.9 Å². The summed E-state index contributed by atoms with van der Waals surface area (Å²) in [5, 5.41) is 7.30. The van der Waals surface area contributed by atoms with Gasteiger partial charge in [0.1, 0.15) is 6.04 Å². The van der Waals surface area contributed by atoms with Crippen LogP contribution in [0.3, 0.4) is 0 Å². The van der Waals surface area contributed by atoms with Crippen LogP contribution in [0.15, 0.2) is 48.5 Å². The lowest BCUT2D eigenvalue weighted by molar-refractivity contribution is -0.143. The summed E-state index contributed by atoms with van der Waals surface area (Å²) in [6.45, 7) is 1.48. The van der Waals surface area contributed by atoms with Gasteiger partial charge in [-0.2, -0.15) is 0 Å². The van der Waals surface area contributed by atoms with Gasteiger partial charge in [0.2, 0.25) is 5.91 Å². The van der Waals surface area contributed by atoms with Crippen molar-refractivity contribution >= 4 is 28.5 Å². The van der Waals surface area contributed by atoms with Gasteiger partial charge in [0.25, 0.3) is 0 Å². The summed E-state index contributed by atoms with van der Waals surface area (Å²) in [5.74, 6) is -0.381. The van der Waals surface area contributed by atoms with Crippen molar-refractivity contribution in [2.45, 2.75) is 25.4 Å². The molecule has 138 valence electrons. The first-order valence-electron chi connectivity index (χ1n) is 8.87. The number of ether oxygens (including phenoxy) is 1. The van der Waals surface area contributed by atoms with Crippen molar-refractivity contribution in [1.82, 2.24) is 10.3 Å². The number of para-hydroxylation sites is 1. The number of nitrogens with one attached hydrogen (secondary N) is 3. The van der Waals surface area contributed by atoms with Gasteiger partial charge in [0, 0.05) is 35.6 Å². The second-order valence-corrected chi connectivity index (χ2v) is 6.75. The van der Waals surface area contributed by atoms with Crippen molar-refractivity contribution in [3.8, 4) is 0 Å². The highest BCUT2D eigenvalue weighted by Gasteiger charge is 2.34. The van der Waals surface area contributed by atoms with Gasteiger partial charge in [-0.1, -0.05) is 30.3 Å². The topological polar surface area (TPSA) is 83.2 Å². The first-order chi connectivity index (χ1) is 13.1. The van der Waals surface area contributed by atoms with Crippen LogP contribution in [0.1, 0.15) is 29.8 Å². The van der Waals surface area contributed by atoms with Crippen molar-refractivity contribution in [3.63, 3.8) is 0 Å². The number of fused-ring (bicyclic) bond motifs is 3. The van der Waals surface area contributed by atoms with Gasteiger partial charge in [-0.05, 0) is 29.3 Å². The number of amides is 1. The number of carbonyl (C=O) groups is 2. The fourth-order valence-electron chi connectivity index (χ4n) is 3.75. The van der Waals surface area contributed by atoms with Gasteiger partial charge in [0.15, 0.2) is 0 Å². The van der Waals surface area contributed by atoms with Crippen LogP contribution in [0.5, 0.6) is 0 Å². The fourth-order valence-corrected chi connectivity index (χ4v) is 3.75. The SMILES string of the molecule is COC(=O)[C@H]1Cc2c([nH]c3ccccc23)[C@H](c2ccc(NC(C)=O)cc2)N1. The zero-order chi connectivity index (χ0) is 19.0. The van der Waals surface area contributed by atoms with Gasteiger partial charge in [-0.15, -0.1) is 0 Å². The Labute approximate surface area is 156 Å². The maximum absolute atomic E-state index is 12.2. The third kappa shape index (κ3) is 3.19. The maximum Gasteiger partial charge on any atom is 0.323 e. The van der Waals surface area contributed by atoms with E-state index in [0.29, 0.717) is 6.42 Å². The van der Waals surface area contributed by atoms with Gasteiger partial charge >= 0.3 is 5.97 Å². The average molecular weight is 363 g/mol. The molecule has 6 nitrogen and oxygen atoms in total. The molecule has 1 aromatic heterocycles. The molecule has 0 fully saturated rings. The number of hydrogen-bond acceptors (Lipinski definition) is 4. The lowest BCUT2D eigenvalue weighted by atomic mass is 9.90. The lowest BCUT2D eigenvalue weighted by Crippen LogP contribution is -2.45. The van der Waals surface area contributed by atoms with Crippen LogP contribution < -0.4 is 10.6 Å². The fraction of sp³-hybridized carbons (Fsp3) is 0.238. The third-order valence-corrected chi connectivity index (χ3v) is 4.96. The third-order valence-electron chi connectivity index (χ3n) is 4.96. The Morgan fingerprint density at radius 3 is 2.56 bits per heavy atom. The van der Waals surface area contributed by atoms with E-state index in [2.05, 4.69) is 21.7 Å². The Kier molecular flexibility index (Phi) is 4.41. The van der Waals surface area contributed by atoms with Gasteiger partial charge in [0.05, 0.1) is 13.2 Å². The molecule has 6 heteroatoms. The molecule has 1 aliphatic heterocycles. The lowest BCUT2D eigenvalue weighted by Gasteiger charge is -2.30. The second kappa shape index (κ2) is 6.89. The van der Waals surface area contributed by atoms with E-state index in [4.69, 9.17) is 4.74 Å². The summed E-state index contributed by atoms with van der Waals surface area (Å²) in [4.78, 5) is 27.0. The number of esters is 1. The van der Waals surface area contributed by atoms with E-state index >= 15 is 0 Å². The summed E-state index contributed by atoms with van der Waals surface area (Å²) < 4.78 is 4.98. The van der Waals surface area contributed by atoms with Crippen molar-refractivity contribution in [2.24, 2.45) is 0 Å². The number of hydrogen-bond donors (Lipinski definition) is 3. The minimum absolute atomic E-state index is 0.109. The molecule has 3 N–H and O–H groups in total. The zero-order valence-electron chi connectivity index (χ0n) is 15.2. The molecule has 1 aliphatic rings. The van der Waals surface area contributed by atoms with E-state index in [-0.39, 0.29) is 17.9 Å². The van der Waals surface area contributed by atoms with E-state index in [1.54, 1.807) is 0 Å². The monoisotopic (exact) mass is 363 g/mol. The molecule has 27 heavy (non-hydrogen) atoms. The van der Waals surface area contributed by atoms with Gasteiger partial charge in [-0.3, -0.25) is 14.9 Å². The number of benzene rings is 2. The minimum atomic E-state index is -0.415. The molecule has 0 saturated carbocycles. The Bertz CT molecular complexity index is 1010. The molecular formula is C21H21N3O3. The molecule has 3 aromatic rings.